The normalized spacial score (nSPS) is 17.4. The van der Waals surface area contributed by atoms with E-state index >= 15 is 0 Å². The molecule has 0 spiro atoms. The maximum atomic E-state index is 13.2. The monoisotopic (exact) mass is 561 g/mol. The number of ether oxygens (including phenoxy) is 1. The summed E-state index contributed by atoms with van der Waals surface area (Å²) in [5, 5.41) is 7.48. The Kier molecular flexibility index (Phi) is 7.99. The Morgan fingerprint density at radius 2 is 1.73 bits per heavy atom. The van der Waals surface area contributed by atoms with Crippen LogP contribution in [0.4, 0.5) is 0 Å². The number of fused-ring (bicyclic) bond motifs is 1. The third-order valence-corrected chi connectivity index (χ3v) is 7.35. The molecule has 2 aromatic heterocycles. The molecule has 3 heterocycles. The molecule has 0 saturated carbocycles. The van der Waals surface area contributed by atoms with E-state index in [4.69, 9.17) is 16.3 Å². The van der Waals surface area contributed by atoms with Gasteiger partial charge in [0.15, 0.2) is 0 Å². The minimum atomic E-state index is -0.477. The van der Waals surface area contributed by atoms with E-state index in [1.807, 2.05) is 4.90 Å². The summed E-state index contributed by atoms with van der Waals surface area (Å²) in [6, 6.07) is 15.9. The standard InChI is InChI=1S/C29H28ClN5O5/c1-40-27(37)17-34-13-11-23(32-29(39)19-7-10-21-22(30)15-31-24(21)14-19)25(16-34)33-28(38)18-5-8-20(9-6-18)35-12-3-2-4-26(35)36/h2-10,12,14-15,23,25,31H,11,13,16-17H2,1H3,(H,32,39)(H,33,38)/t23-,25+/m0/s1. The molecule has 40 heavy (non-hydrogen) atoms. The quantitative estimate of drug-likeness (QED) is 0.298. The molecule has 0 unspecified atom stereocenters. The number of aromatic nitrogens is 2. The van der Waals surface area contributed by atoms with Gasteiger partial charge in [0.05, 0.1) is 30.8 Å². The molecular formula is C29H28ClN5O5. The second kappa shape index (κ2) is 11.8. The SMILES string of the molecule is COC(=O)CN1CC[C@H](NC(=O)c2ccc3c(Cl)c[nH]c3c2)[C@H](NC(=O)c2ccc(-n3ccccc3=O)cc2)C1. The van der Waals surface area contributed by atoms with Gasteiger partial charge in [-0.25, -0.2) is 0 Å². The van der Waals surface area contributed by atoms with Crippen LogP contribution in [0.15, 0.2) is 77.9 Å². The second-order valence-electron chi connectivity index (χ2n) is 9.61. The third-order valence-electron chi connectivity index (χ3n) is 7.03. The van der Waals surface area contributed by atoms with Crippen LogP contribution < -0.4 is 16.2 Å². The molecule has 206 valence electrons. The van der Waals surface area contributed by atoms with Crippen molar-refractivity contribution in [1.29, 1.82) is 0 Å². The highest BCUT2D eigenvalue weighted by Crippen LogP contribution is 2.24. The number of rotatable bonds is 7. The van der Waals surface area contributed by atoms with Gasteiger partial charge in [-0.05, 0) is 48.9 Å². The minimum absolute atomic E-state index is 0.0777. The zero-order chi connectivity index (χ0) is 28.2. The van der Waals surface area contributed by atoms with E-state index in [1.165, 1.54) is 17.7 Å². The van der Waals surface area contributed by atoms with Gasteiger partial charge in [-0.15, -0.1) is 0 Å². The van der Waals surface area contributed by atoms with E-state index in [1.54, 1.807) is 67.0 Å². The Hall–Kier alpha value is -4.41. The van der Waals surface area contributed by atoms with Crippen molar-refractivity contribution in [2.45, 2.75) is 18.5 Å². The Balaban J connectivity index is 1.32. The number of amides is 2. The van der Waals surface area contributed by atoms with Gasteiger partial charge < -0.3 is 20.4 Å². The summed E-state index contributed by atoms with van der Waals surface area (Å²) in [6.45, 7) is 0.959. The number of aromatic amines is 1. The van der Waals surface area contributed by atoms with Crippen molar-refractivity contribution in [2.75, 3.05) is 26.7 Å². The summed E-state index contributed by atoms with van der Waals surface area (Å²) in [7, 11) is 1.33. The average molecular weight is 562 g/mol. The van der Waals surface area contributed by atoms with Crippen LogP contribution in [0.2, 0.25) is 5.02 Å². The highest BCUT2D eigenvalue weighted by Gasteiger charge is 2.33. The first-order valence-electron chi connectivity index (χ1n) is 12.8. The average Bonchev–Trinajstić information content (AvgIpc) is 3.34. The molecule has 10 nitrogen and oxygen atoms in total. The summed E-state index contributed by atoms with van der Waals surface area (Å²) in [6.07, 6.45) is 3.84. The maximum absolute atomic E-state index is 13.2. The number of hydrogen-bond donors (Lipinski definition) is 3. The van der Waals surface area contributed by atoms with Crippen LogP contribution in [-0.2, 0) is 9.53 Å². The Morgan fingerprint density at radius 1 is 1.00 bits per heavy atom. The lowest BCUT2D eigenvalue weighted by atomic mass is 9.97. The van der Waals surface area contributed by atoms with Gasteiger partial charge in [-0.3, -0.25) is 28.6 Å². The number of methoxy groups -OCH3 is 1. The van der Waals surface area contributed by atoms with Gasteiger partial charge in [-0.1, -0.05) is 23.7 Å². The van der Waals surface area contributed by atoms with Crippen molar-refractivity contribution >= 4 is 40.3 Å². The number of H-pyrrole nitrogens is 1. The van der Waals surface area contributed by atoms with Crippen LogP contribution in [0.5, 0.6) is 0 Å². The zero-order valence-electron chi connectivity index (χ0n) is 21.7. The van der Waals surface area contributed by atoms with E-state index in [9.17, 15) is 19.2 Å². The van der Waals surface area contributed by atoms with Crippen molar-refractivity contribution in [2.24, 2.45) is 0 Å². The molecule has 2 aromatic carbocycles. The number of likely N-dealkylation sites (tertiary alicyclic amines) is 1. The van der Waals surface area contributed by atoms with E-state index in [0.717, 1.165) is 10.9 Å². The van der Waals surface area contributed by atoms with E-state index in [2.05, 4.69) is 15.6 Å². The van der Waals surface area contributed by atoms with Gasteiger partial charge in [0.2, 0.25) is 0 Å². The van der Waals surface area contributed by atoms with Gasteiger partial charge >= 0.3 is 5.97 Å². The topological polar surface area (TPSA) is 126 Å². The van der Waals surface area contributed by atoms with Crippen molar-refractivity contribution < 1.29 is 19.1 Å². The molecule has 1 fully saturated rings. The molecule has 0 radical (unpaired) electrons. The molecule has 0 bridgehead atoms. The van der Waals surface area contributed by atoms with Crippen LogP contribution in [-0.4, -0.2) is 71.1 Å². The first-order chi connectivity index (χ1) is 19.3. The van der Waals surface area contributed by atoms with Crippen LogP contribution in [0.25, 0.3) is 16.6 Å². The Bertz CT molecular complexity index is 1610. The number of benzene rings is 2. The number of carbonyl (C=O) groups is 3. The van der Waals surface area contributed by atoms with Crippen LogP contribution in [0, 0.1) is 0 Å². The maximum Gasteiger partial charge on any atom is 0.319 e. The number of piperidine rings is 1. The molecule has 11 heteroatoms. The van der Waals surface area contributed by atoms with E-state index in [-0.39, 0.29) is 35.9 Å². The molecule has 1 aliphatic heterocycles. The van der Waals surface area contributed by atoms with Gasteiger partial charge in [0.25, 0.3) is 17.4 Å². The molecule has 4 aromatic rings. The van der Waals surface area contributed by atoms with Crippen LogP contribution >= 0.6 is 11.6 Å². The molecule has 0 aliphatic carbocycles. The molecule has 2 atom stereocenters. The highest BCUT2D eigenvalue weighted by molar-refractivity contribution is 6.35. The number of esters is 1. The fraction of sp³-hybridized carbons (Fsp3) is 0.241. The van der Waals surface area contributed by atoms with E-state index in [0.29, 0.717) is 41.3 Å². The second-order valence-corrected chi connectivity index (χ2v) is 10.0. The highest BCUT2D eigenvalue weighted by atomic mass is 35.5. The fourth-order valence-electron chi connectivity index (χ4n) is 4.88. The number of nitrogens with one attached hydrogen (secondary N) is 3. The molecular weight excluding hydrogens is 534 g/mol. The zero-order valence-corrected chi connectivity index (χ0v) is 22.5. The smallest absolute Gasteiger partial charge is 0.319 e. The van der Waals surface area contributed by atoms with Crippen molar-refractivity contribution in [3.05, 3.63) is 99.6 Å². The molecule has 2 amide bonds. The van der Waals surface area contributed by atoms with Crippen LogP contribution in [0.3, 0.4) is 0 Å². The van der Waals surface area contributed by atoms with Gasteiger partial charge in [0.1, 0.15) is 0 Å². The molecule has 1 saturated heterocycles. The predicted molar refractivity (Wildman–Crippen MR) is 151 cm³/mol. The summed E-state index contributed by atoms with van der Waals surface area (Å²) in [5.41, 5.74) is 2.06. The predicted octanol–water partition coefficient (Wildman–Crippen LogP) is 2.75. The lowest BCUT2D eigenvalue weighted by Crippen LogP contribution is -2.61. The number of nitrogens with zero attached hydrogens (tertiary/aromatic N) is 2. The van der Waals surface area contributed by atoms with E-state index < -0.39 is 6.04 Å². The molecule has 3 N–H and O–H groups in total. The first-order valence-corrected chi connectivity index (χ1v) is 13.2. The number of halogens is 1. The lowest BCUT2D eigenvalue weighted by molar-refractivity contribution is -0.142. The molecule has 5 rings (SSSR count). The van der Waals surface area contributed by atoms with Crippen molar-refractivity contribution in [1.82, 2.24) is 25.1 Å². The van der Waals surface area contributed by atoms with Crippen LogP contribution in [0.1, 0.15) is 27.1 Å². The summed E-state index contributed by atoms with van der Waals surface area (Å²) in [4.78, 5) is 55.4. The fourth-order valence-corrected chi connectivity index (χ4v) is 5.10. The Morgan fingerprint density at radius 3 is 2.48 bits per heavy atom. The molecule has 1 aliphatic rings. The number of carbonyl (C=O) groups excluding carboxylic acids is 3. The van der Waals surface area contributed by atoms with Crippen molar-refractivity contribution in [3.8, 4) is 5.69 Å². The largest absolute Gasteiger partial charge is 0.468 e. The third kappa shape index (κ3) is 5.93. The first kappa shape index (κ1) is 27.2. The Labute approximate surface area is 234 Å². The summed E-state index contributed by atoms with van der Waals surface area (Å²) >= 11 is 6.16. The summed E-state index contributed by atoms with van der Waals surface area (Å²) < 4.78 is 6.29. The number of hydrogen-bond acceptors (Lipinski definition) is 6. The lowest BCUT2D eigenvalue weighted by Gasteiger charge is -2.38. The van der Waals surface area contributed by atoms with Gasteiger partial charge in [0, 0.05) is 59.3 Å². The minimum Gasteiger partial charge on any atom is -0.468 e. The summed E-state index contributed by atoms with van der Waals surface area (Å²) in [5.74, 6) is -0.994. The van der Waals surface area contributed by atoms with Crippen molar-refractivity contribution in [3.63, 3.8) is 0 Å². The van der Waals surface area contributed by atoms with Gasteiger partial charge in [-0.2, -0.15) is 0 Å². The number of pyridine rings is 1.